The largest absolute Gasteiger partial charge is 0.344 e. The molecule has 0 saturated heterocycles. The summed E-state index contributed by atoms with van der Waals surface area (Å²) in [5.41, 5.74) is 1.58. The van der Waals surface area contributed by atoms with Crippen LogP contribution in [0, 0.1) is 5.82 Å². The molecule has 28 heavy (non-hydrogen) atoms. The summed E-state index contributed by atoms with van der Waals surface area (Å²) in [5, 5.41) is 9.01. The molecule has 4 aromatic rings. The van der Waals surface area contributed by atoms with Crippen molar-refractivity contribution in [1.29, 1.82) is 0 Å². The maximum atomic E-state index is 13.0. The summed E-state index contributed by atoms with van der Waals surface area (Å²) in [6, 6.07) is 19.4. The molecule has 1 amide bonds. The average Bonchev–Trinajstić information content (AvgIpc) is 3.19. The molecule has 5 nitrogen and oxygen atoms in total. The Bertz CT molecular complexity index is 1120. The molecular formula is C22H18FN3O2. The second-order valence-corrected chi connectivity index (χ2v) is 6.61. The molecule has 4 rings (SSSR count). The number of carbonyl (C=O) groups is 1. The van der Waals surface area contributed by atoms with E-state index in [1.165, 1.54) is 12.1 Å². The number of benzene rings is 3. The lowest BCUT2D eigenvalue weighted by molar-refractivity contribution is -0.121. The van der Waals surface area contributed by atoms with Crippen LogP contribution in [0.2, 0.25) is 0 Å². The first kappa shape index (κ1) is 17.9. The number of amides is 1. The van der Waals surface area contributed by atoms with Crippen molar-refractivity contribution in [3.8, 4) is 11.4 Å². The minimum Gasteiger partial charge on any atom is -0.344 e. The lowest BCUT2D eigenvalue weighted by Crippen LogP contribution is -2.28. The molecule has 1 aromatic heterocycles. The van der Waals surface area contributed by atoms with Crippen LogP contribution in [0.1, 0.15) is 24.4 Å². The number of hydrogen-bond donors (Lipinski definition) is 1. The first-order chi connectivity index (χ1) is 13.6. The van der Waals surface area contributed by atoms with Gasteiger partial charge in [-0.05, 0) is 47.5 Å². The Hall–Kier alpha value is -3.54. The fraction of sp³-hybridized carbons (Fsp3) is 0.136. The Morgan fingerprint density at radius 1 is 1.07 bits per heavy atom. The zero-order valence-corrected chi connectivity index (χ0v) is 15.2. The SMILES string of the molecule is CC(NC(=O)Cc1ccc2ccccc2c1)c1nc(-c2ccc(F)cc2)no1. The Balaban J connectivity index is 1.42. The molecule has 0 aliphatic carbocycles. The van der Waals surface area contributed by atoms with Crippen molar-refractivity contribution < 1.29 is 13.7 Å². The van der Waals surface area contributed by atoms with Crippen LogP contribution in [-0.4, -0.2) is 16.0 Å². The monoisotopic (exact) mass is 375 g/mol. The van der Waals surface area contributed by atoms with E-state index in [0.29, 0.717) is 17.3 Å². The molecule has 1 unspecified atom stereocenters. The number of aromatic nitrogens is 2. The number of halogens is 1. The third kappa shape index (κ3) is 3.91. The second-order valence-electron chi connectivity index (χ2n) is 6.61. The Kier molecular flexibility index (Phi) is 4.85. The van der Waals surface area contributed by atoms with Crippen LogP contribution < -0.4 is 5.32 Å². The first-order valence-electron chi connectivity index (χ1n) is 8.95. The molecule has 6 heteroatoms. The van der Waals surface area contributed by atoms with Gasteiger partial charge in [-0.15, -0.1) is 0 Å². The zero-order valence-electron chi connectivity index (χ0n) is 15.2. The summed E-state index contributed by atoms with van der Waals surface area (Å²) in [7, 11) is 0. The van der Waals surface area contributed by atoms with Crippen LogP contribution in [0.3, 0.4) is 0 Å². The second kappa shape index (κ2) is 7.60. The van der Waals surface area contributed by atoms with Gasteiger partial charge in [-0.3, -0.25) is 4.79 Å². The summed E-state index contributed by atoms with van der Waals surface area (Å²) in [4.78, 5) is 16.7. The lowest BCUT2D eigenvalue weighted by atomic mass is 10.0. The minimum atomic E-state index is -0.436. The van der Waals surface area contributed by atoms with Gasteiger partial charge >= 0.3 is 0 Å². The number of hydrogen-bond acceptors (Lipinski definition) is 4. The van der Waals surface area contributed by atoms with Gasteiger partial charge in [0.25, 0.3) is 0 Å². The third-order valence-corrected chi connectivity index (χ3v) is 4.47. The molecule has 0 aliphatic rings. The van der Waals surface area contributed by atoms with E-state index in [-0.39, 0.29) is 18.1 Å². The standard InChI is InChI=1S/C22H18FN3O2/c1-14(22-25-21(26-28-22)17-8-10-19(23)11-9-17)24-20(27)13-15-6-7-16-4-2-3-5-18(16)12-15/h2-12,14H,13H2,1H3,(H,24,27). The van der Waals surface area contributed by atoms with Crippen molar-refractivity contribution in [1.82, 2.24) is 15.5 Å². The molecule has 1 N–H and O–H groups in total. The van der Waals surface area contributed by atoms with Crippen molar-refractivity contribution in [2.24, 2.45) is 0 Å². The molecule has 1 heterocycles. The first-order valence-corrected chi connectivity index (χ1v) is 8.95. The van der Waals surface area contributed by atoms with Gasteiger partial charge < -0.3 is 9.84 Å². The van der Waals surface area contributed by atoms with Crippen molar-refractivity contribution in [2.75, 3.05) is 0 Å². The Morgan fingerprint density at radius 3 is 2.61 bits per heavy atom. The normalized spacial score (nSPS) is 12.1. The average molecular weight is 375 g/mol. The minimum absolute atomic E-state index is 0.135. The lowest BCUT2D eigenvalue weighted by Gasteiger charge is -2.10. The predicted molar refractivity (Wildman–Crippen MR) is 104 cm³/mol. The van der Waals surface area contributed by atoms with E-state index in [0.717, 1.165) is 16.3 Å². The smallest absolute Gasteiger partial charge is 0.249 e. The molecule has 0 radical (unpaired) electrons. The molecule has 140 valence electrons. The van der Waals surface area contributed by atoms with E-state index < -0.39 is 6.04 Å². The number of carbonyl (C=O) groups excluding carboxylic acids is 1. The highest BCUT2D eigenvalue weighted by molar-refractivity contribution is 5.85. The fourth-order valence-corrected chi connectivity index (χ4v) is 3.02. The van der Waals surface area contributed by atoms with Crippen LogP contribution in [-0.2, 0) is 11.2 Å². The van der Waals surface area contributed by atoms with Gasteiger partial charge in [0.15, 0.2) is 0 Å². The number of fused-ring (bicyclic) bond motifs is 1. The maximum Gasteiger partial charge on any atom is 0.249 e. The maximum absolute atomic E-state index is 13.0. The highest BCUT2D eigenvalue weighted by Crippen LogP contribution is 2.20. The van der Waals surface area contributed by atoms with E-state index in [2.05, 4.69) is 15.5 Å². The van der Waals surface area contributed by atoms with Gasteiger partial charge in [0.1, 0.15) is 11.9 Å². The molecule has 0 saturated carbocycles. The van der Waals surface area contributed by atoms with Gasteiger partial charge in [0, 0.05) is 5.56 Å². The highest BCUT2D eigenvalue weighted by atomic mass is 19.1. The van der Waals surface area contributed by atoms with Crippen LogP contribution in [0.4, 0.5) is 4.39 Å². The van der Waals surface area contributed by atoms with Crippen LogP contribution in [0.15, 0.2) is 71.3 Å². The number of rotatable bonds is 5. The summed E-state index contributed by atoms with van der Waals surface area (Å²) in [6.07, 6.45) is 0.258. The summed E-state index contributed by atoms with van der Waals surface area (Å²) >= 11 is 0. The van der Waals surface area contributed by atoms with Crippen molar-refractivity contribution in [2.45, 2.75) is 19.4 Å². The molecule has 0 fully saturated rings. The summed E-state index contributed by atoms with van der Waals surface area (Å²) in [6.45, 7) is 1.78. The van der Waals surface area contributed by atoms with Crippen molar-refractivity contribution in [3.05, 3.63) is 84.0 Å². The molecule has 0 spiro atoms. The molecule has 3 aromatic carbocycles. The third-order valence-electron chi connectivity index (χ3n) is 4.47. The van der Waals surface area contributed by atoms with Crippen LogP contribution in [0.25, 0.3) is 22.2 Å². The van der Waals surface area contributed by atoms with E-state index >= 15 is 0 Å². The van der Waals surface area contributed by atoms with E-state index in [1.807, 2.05) is 42.5 Å². The predicted octanol–water partition coefficient (Wildman–Crippen LogP) is 4.45. The van der Waals surface area contributed by atoms with E-state index in [4.69, 9.17) is 4.52 Å². The summed E-state index contributed by atoms with van der Waals surface area (Å²) in [5.74, 6) is 0.183. The van der Waals surface area contributed by atoms with Crippen LogP contribution >= 0.6 is 0 Å². The van der Waals surface area contributed by atoms with Crippen LogP contribution in [0.5, 0.6) is 0 Å². The van der Waals surface area contributed by atoms with E-state index in [9.17, 15) is 9.18 Å². The van der Waals surface area contributed by atoms with Gasteiger partial charge in [0.2, 0.25) is 17.6 Å². The molecule has 1 atom stereocenters. The molecular weight excluding hydrogens is 357 g/mol. The Morgan fingerprint density at radius 2 is 1.82 bits per heavy atom. The fourth-order valence-electron chi connectivity index (χ4n) is 3.02. The Labute approximate surface area is 161 Å². The summed E-state index contributed by atoms with van der Waals surface area (Å²) < 4.78 is 18.3. The van der Waals surface area contributed by atoms with Gasteiger partial charge in [0.05, 0.1) is 6.42 Å². The quantitative estimate of drug-likeness (QED) is 0.560. The van der Waals surface area contributed by atoms with E-state index in [1.54, 1.807) is 19.1 Å². The van der Waals surface area contributed by atoms with Gasteiger partial charge in [-0.2, -0.15) is 4.98 Å². The van der Waals surface area contributed by atoms with Crippen molar-refractivity contribution >= 4 is 16.7 Å². The van der Waals surface area contributed by atoms with Crippen molar-refractivity contribution in [3.63, 3.8) is 0 Å². The highest BCUT2D eigenvalue weighted by Gasteiger charge is 2.17. The van der Waals surface area contributed by atoms with Gasteiger partial charge in [-0.25, -0.2) is 4.39 Å². The number of nitrogens with zero attached hydrogens (tertiary/aromatic N) is 2. The van der Waals surface area contributed by atoms with Gasteiger partial charge in [-0.1, -0.05) is 47.6 Å². The zero-order chi connectivity index (χ0) is 19.5. The molecule has 0 aliphatic heterocycles. The number of nitrogens with one attached hydrogen (secondary N) is 1. The molecule has 0 bridgehead atoms. The topological polar surface area (TPSA) is 68.0 Å².